The Balaban J connectivity index is 1.71. The number of amides is 2. The fourth-order valence-corrected chi connectivity index (χ4v) is 2.50. The van der Waals surface area contributed by atoms with Crippen molar-refractivity contribution in [3.8, 4) is 5.75 Å². The molecule has 1 aliphatic carbocycles. The van der Waals surface area contributed by atoms with Crippen LogP contribution in [0.5, 0.6) is 5.75 Å². The number of urea groups is 1. The Morgan fingerprint density at radius 3 is 2.81 bits per heavy atom. The predicted molar refractivity (Wildman–Crippen MR) is 76.6 cm³/mol. The van der Waals surface area contributed by atoms with E-state index in [9.17, 15) is 9.59 Å². The Morgan fingerprint density at radius 1 is 1.33 bits per heavy atom. The summed E-state index contributed by atoms with van der Waals surface area (Å²) < 4.78 is 5.61. The van der Waals surface area contributed by atoms with Gasteiger partial charge in [0.1, 0.15) is 5.75 Å². The number of fused-ring (bicyclic) bond motifs is 1. The molecule has 1 heterocycles. The second-order valence-electron chi connectivity index (χ2n) is 5.57. The zero-order chi connectivity index (χ0) is 14.9. The maximum atomic E-state index is 12.4. The van der Waals surface area contributed by atoms with E-state index in [2.05, 4.69) is 5.32 Å². The predicted octanol–water partition coefficient (Wildman–Crippen LogP) is 1.85. The normalized spacial score (nSPS) is 19.0. The maximum Gasteiger partial charge on any atom is 0.322 e. The second kappa shape index (κ2) is 5.27. The van der Waals surface area contributed by atoms with Crippen LogP contribution in [-0.2, 0) is 4.79 Å². The summed E-state index contributed by atoms with van der Waals surface area (Å²) in [4.78, 5) is 25.1. The van der Waals surface area contributed by atoms with Gasteiger partial charge in [-0.2, -0.15) is 0 Å². The van der Waals surface area contributed by atoms with Gasteiger partial charge in [-0.15, -0.1) is 0 Å². The molecule has 0 spiro atoms. The molecule has 1 fully saturated rings. The number of para-hydroxylation sites is 2. The molecule has 6 nitrogen and oxygen atoms in total. The number of carbonyl (C=O) groups excluding carboxylic acids is 1. The third-order valence-corrected chi connectivity index (χ3v) is 4.07. The molecule has 1 aromatic carbocycles. The van der Waals surface area contributed by atoms with Crippen molar-refractivity contribution in [2.75, 3.05) is 24.6 Å². The van der Waals surface area contributed by atoms with Gasteiger partial charge >= 0.3 is 12.0 Å². The molecule has 1 aliphatic heterocycles. The number of aliphatic carboxylic acids is 1. The number of carboxylic acids is 1. The van der Waals surface area contributed by atoms with Crippen LogP contribution in [-0.4, -0.2) is 36.8 Å². The Labute approximate surface area is 122 Å². The van der Waals surface area contributed by atoms with Gasteiger partial charge in [-0.05, 0) is 31.4 Å². The third-order valence-electron chi connectivity index (χ3n) is 4.07. The number of carbonyl (C=O) groups is 2. The molecule has 0 aromatic heterocycles. The van der Waals surface area contributed by atoms with Crippen LogP contribution in [0.3, 0.4) is 0 Å². The number of nitrogens with zero attached hydrogens (tertiary/aromatic N) is 1. The molecule has 3 rings (SSSR count). The lowest BCUT2D eigenvalue weighted by molar-refractivity contribution is -0.143. The molecule has 2 amide bonds. The van der Waals surface area contributed by atoms with Gasteiger partial charge in [0.15, 0.2) is 0 Å². The van der Waals surface area contributed by atoms with Crippen LogP contribution in [0.15, 0.2) is 24.3 Å². The largest absolute Gasteiger partial charge is 0.491 e. The molecule has 6 heteroatoms. The minimum Gasteiger partial charge on any atom is -0.491 e. The number of carboxylic acid groups (broad SMARTS) is 1. The topological polar surface area (TPSA) is 78.9 Å². The number of benzene rings is 1. The minimum absolute atomic E-state index is 0.181. The first-order chi connectivity index (χ1) is 10.1. The molecule has 112 valence electrons. The van der Waals surface area contributed by atoms with E-state index >= 15 is 0 Å². The van der Waals surface area contributed by atoms with Gasteiger partial charge in [-0.25, -0.2) is 4.79 Å². The smallest absolute Gasteiger partial charge is 0.322 e. The lowest BCUT2D eigenvalue weighted by Crippen LogP contribution is -2.44. The van der Waals surface area contributed by atoms with E-state index < -0.39 is 11.4 Å². The van der Waals surface area contributed by atoms with Crippen molar-refractivity contribution in [2.45, 2.75) is 19.3 Å². The Hall–Kier alpha value is -2.24. The van der Waals surface area contributed by atoms with Crippen LogP contribution in [0, 0.1) is 5.41 Å². The van der Waals surface area contributed by atoms with Crippen molar-refractivity contribution in [1.82, 2.24) is 5.32 Å². The molecular formula is C15H18N2O4. The van der Waals surface area contributed by atoms with E-state index in [0.717, 1.165) is 12.1 Å². The first-order valence-electron chi connectivity index (χ1n) is 7.13. The van der Waals surface area contributed by atoms with E-state index in [0.29, 0.717) is 31.7 Å². The van der Waals surface area contributed by atoms with Crippen LogP contribution in [0.4, 0.5) is 10.5 Å². The van der Waals surface area contributed by atoms with E-state index in [1.54, 1.807) is 4.90 Å². The SMILES string of the molecule is O=C(NCC1(C(=O)O)CC1)N1CCCOc2ccccc21. The molecule has 2 aliphatic rings. The number of ether oxygens (including phenoxy) is 1. The van der Waals surface area contributed by atoms with Gasteiger partial charge in [-0.3, -0.25) is 9.69 Å². The summed E-state index contributed by atoms with van der Waals surface area (Å²) in [6.45, 7) is 1.31. The Morgan fingerprint density at radius 2 is 2.10 bits per heavy atom. The number of anilines is 1. The van der Waals surface area contributed by atoms with Crippen LogP contribution in [0.25, 0.3) is 0 Å². The zero-order valence-corrected chi connectivity index (χ0v) is 11.7. The first kappa shape index (κ1) is 13.7. The highest BCUT2D eigenvalue weighted by Crippen LogP contribution is 2.45. The molecular weight excluding hydrogens is 272 g/mol. The van der Waals surface area contributed by atoms with Gasteiger partial charge in [0.05, 0.1) is 17.7 Å². The van der Waals surface area contributed by atoms with Crippen molar-refractivity contribution in [1.29, 1.82) is 0 Å². The van der Waals surface area contributed by atoms with Gasteiger partial charge in [0, 0.05) is 13.1 Å². The number of hydrogen-bond acceptors (Lipinski definition) is 3. The van der Waals surface area contributed by atoms with Gasteiger partial charge in [0.25, 0.3) is 0 Å². The highest BCUT2D eigenvalue weighted by Gasteiger charge is 2.50. The monoisotopic (exact) mass is 290 g/mol. The third kappa shape index (κ3) is 2.66. The number of nitrogens with one attached hydrogen (secondary N) is 1. The fourth-order valence-electron chi connectivity index (χ4n) is 2.50. The van der Waals surface area contributed by atoms with Crippen molar-refractivity contribution >= 4 is 17.7 Å². The fraction of sp³-hybridized carbons (Fsp3) is 0.467. The van der Waals surface area contributed by atoms with Crippen molar-refractivity contribution < 1.29 is 19.4 Å². The number of hydrogen-bond donors (Lipinski definition) is 2. The minimum atomic E-state index is -0.831. The van der Waals surface area contributed by atoms with Crippen LogP contribution in [0.2, 0.25) is 0 Å². The summed E-state index contributed by atoms with van der Waals surface area (Å²) in [6.07, 6.45) is 2.00. The van der Waals surface area contributed by atoms with Gasteiger partial charge in [-0.1, -0.05) is 12.1 Å². The highest BCUT2D eigenvalue weighted by atomic mass is 16.5. The van der Waals surface area contributed by atoms with Crippen molar-refractivity contribution in [3.05, 3.63) is 24.3 Å². The maximum absolute atomic E-state index is 12.4. The molecule has 0 atom stereocenters. The first-order valence-corrected chi connectivity index (χ1v) is 7.13. The summed E-state index contributed by atoms with van der Waals surface area (Å²) in [5.74, 6) is -0.146. The quantitative estimate of drug-likeness (QED) is 0.890. The Kier molecular flexibility index (Phi) is 3.45. The Bertz CT molecular complexity index is 569. The van der Waals surface area contributed by atoms with E-state index in [1.165, 1.54) is 0 Å². The van der Waals surface area contributed by atoms with E-state index in [4.69, 9.17) is 9.84 Å². The van der Waals surface area contributed by atoms with Crippen molar-refractivity contribution in [3.63, 3.8) is 0 Å². The molecule has 1 saturated carbocycles. The summed E-state index contributed by atoms with van der Waals surface area (Å²) in [6, 6.07) is 7.13. The van der Waals surface area contributed by atoms with Crippen LogP contribution >= 0.6 is 0 Å². The number of rotatable bonds is 3. The second-order valence-corrected chi connectivity index (χ2v) is 5.57. The summed E-state index contributed by atoms with van der Waals surface area (Å²) >= 11 is 0. The van der Waals surface area contributed by atoms with E-state index in [1.807, 2.05) is 24.3 Å². The molecule has 21 heavy (non-hydrogen) atoms. The molecule has 0 unspecified atom stereocenters. The average molecular weight is 290 g/mol. The van der Waals surface area contributed by atoms with Crippen LogP contribution in [0.1, 0.15) is 19.3 Å². The van der Waals surface area contributed by atoms with E-state index in [-0.39, 0.29) is 12.6 Å². The van der Waals surface area contributed by atoms with Crippen LogP contribution < -0.4 is 15.0 Å². The average Bonchev–Trinajstić information content (AvgIpc) is 3.29. The summed E-state index contributed by atoms with van der Waals surface area (Å²) in [7, 11) is 0. The lowest BCUT2D eigenvalue weighted by Gasteiger charge is -2.23. The molecule has 0 radical (unpaired) electrons. The summed E-state index contributed by atoms with van der Waals surface area (Å²) in [5.41, 5.74) is -0.0231. The molecule has 2 N–H and O–H groups in total. The zero-order valence-electron chi connectivity index (χ0n) is 11.7. The standard InChI is InChI=1S/C15H18N2O4/c18-13(19)15(6-7-15)10-16-14(20)17-8-3-9-21-12-5-2-1-4-11(12)17/h1-2,4-5H,3,6-10H2,(H,16,20)(H,18,19). The molecule has 1 aromatic rings. The lowest BCUT2D eigenvalue weighted by atomic mass is 10.1. The molecule has 0 saturated heterocycles. The van der Waals surface area contributed by atoms with Gasteiger partial charge < -0.3 is 15.2 Å². The molecule has 0 bridgehead atoms. The highest BCUT2D eigenvalue weighted by molar-refractivity contribution is 5.94. The summed E-state index contributed by atoms with van der Waals surface area (Å²) in [5, 5.41) is 11.9. The van der Waals surface area contributed by atoms with Gasteiger partial charge in [0.2, 0.25) is 0 Å². The van der Waals surface area contributed by atoms with Crippen molar-refractivity contribution in [2.24, 2.45) is 5.41 Å².